The molecule has 1 heterocycles. The number of benzene rings is 1. The zero-order valence-electron chi connectivity index (χ0n) is 12.6. The molecule has 0 atom stereocenters. The Morgan fingerprint density at radius 1 is 1.17 bits per heavy atom. The molecule has 1 aliphatic heterocycles. The largest absolute Gasteiger partial charge is 0.352 e. The number of hydrogen-bond donors (Lipinski definition) is 1. The van der Waals surface area contributed by atoms with E-state index in [4.69, 9.17) is 4.84 Å². The van der Waals surface area contributed by atoms with E-state index < -0.39 is 17.8 Å². The number of nitrogens with zero attached hydrogens (tertiary/aromatic N) is 1. The van der Waals surface area contributed by atoms with E-state index in [1.807, 2.05) is 0 Å². The number of carbonyl (C=O) groups excluding carboxylic acids is 4. The first-order valence-electron chi connectivity index (χ1n) is 7.04. The molecule has 1 N–H and O–H groups in total. The van der Waals surface area contributed by atoms with Gasteiger partial charge in [-0.1, -0.05) is 23.8 Å². The molecule has 0 saturated heterocycles. The predicted octanol–water partition coefficient (Wildman–Crippen LogP) is 1.21. The summed E-state index contributed by atoms with van der Waals surface area (Å²) in [7, 11) is 0. The van der Waals surface area contributed by atoms with Gasteiger partial charge in [0.25, 0.3) is 11.8 Å². The van der Waals surface area contributed by atoms with E-state index in [0.29, 0.717) is 17.1 Å². The minimum absolute atomic E-state index is 0.0378. The van der Waals surface area contributed by atoms with Gasteiger partial charge in [-0.3, -0.25) is 14.4 Å². The van der Waals surface area contributed by atoms with Gasteiger partial charge < -0.3 is 10.2 Å². The molecule has 0 aliphatic carbocycles. The van der Waals surface area contributed by atoms with Gasteiger partial charge in [0.1, 0.15) is 0 Å². The van der Waals surface area contributed by atoms with Crippen molar-refractivity contribution < 1.29 is 24.0 Å². The van der Waals surface area contributed by atoms with Crippen molar-refractivity contribution in [2.24, 2.45) is 0 Å². The Balaban J connectivity index is 1.83. The van der Waals surface area contributed by atoms with Crippen LogP contribution in [0.5, 0.6) is 0 Å². The summed E-state index contributed by atoms with van der Waals surface area (Å²) in [5.74, 6) is -2.33. The zero-order valence-corrected chi connectivity index (χ0v) is 12.6. The van der Waals surface area contributed by atoms with Gasteiger partial charge in [-0.15, -0.1) is 0 Å². The monoisotopic (exact) mass is 316 g/mol. The Morgan fingerprint density at radius 2 is 1.74 bits per heavy atom. The van der Waals surface area contributed by atoms with Crippen LogP contribution in [0.15, 0.2) is 36.4 Å². The molecule has 120 valence electrons. The summed E-state index contributed by atoms with van der Waals surface area (Å²) in [4.78, 5) is 51.8. The average molecular weight is 316 g/mol. The van der Waals surface area contributed by atoms with Crippen LogP contribution in [0.3, 0.4) is 0 Å². The summed E-state index contributed by atoms with van der Waals surface area (Å²) in [6.45, 7) is 5.33. The molecule has 0 bridgehead atoms. The number of hydroxylamine groups is 2. The lowest BCUT2D eigenvalue weighted by atomic mass is 10.1. The van der Waals surface area contributed by atoms with Gasteiger partial charge in [-0.05, 0) is 25.5 Å². The molecule has 0 radical (unpaired) electrons. The Labute approximate surface area is 132 Å². The van der Waals surface area contributed by atoms with Crippen molar-refractivity contribution in [2.45, 2.75) is 19.8 Å². The Kier molecular flexibility index (Phi) is 4.90. The second kappa shape index (κ2) is 6.87. The highest BCUT2D eigenvalue weighted by atomic mass is 16.7. The summed E-state index contributed by atoms with van der Waals surface area (Å²) in [6.07, 6.45) is 0.283. The van der Waals surface area contributed by atoms with Crippen molar-refractivity contribution >= 4 is 23.7 Å². The van der Waals surface area contributed by atoms with E-state index in [9.17, 15) is 19.2 Å². The van der Waals surface area contributed by atoms with Crippen molar-refractivity contribution in [1.82, 2.24) is 10.4 Å². The van der Waals surface area contributed by atoms with Crippen molar-refractivity contribution in [3.8, 4) is 0 Å². The first-order chi connectivity index (χ1) is 10.9. The third kappa shape index (κ3) is 3.63. The molecule has 3 amide bonds. The molecule has 7 heteroatoms. The van der Waals surface area contributed by atoms with Crippen LogP contribution in [-0.4, -0.2) is 35.3 Å². The average Bonchev–Trinajstić information content (AvgIpc) is 2.77. The molecule has 1 aromatic rings. The smallest absolute Gasteiger partial charge is 0.333 e. The number of carbonyl (C=O) groups is 4. The summed E-state index contributed by atoms with van der Waals surface area (Å²) in [5, 5.41) is 3.04. The molecule has 0 aromatic heterocycles. The highest BCUT2D eigenvalue weighted by Crippen LogP contribution is 2.22. The molecule has 1 aliphatic rings. The molecule has 2 rings (SSSR count). The van der Waals surface area contributed by atoms with Crippen LogP contribution in [0.1, 0.15) is 40.5 Å². The number of hydrogen-bond acceptors (Lipinski definition) is 5. The van der Waals surface area contributed by atoms with Crippen molar-refractivity contribution in [3.05, 3.63) is 47.5 Å². The van der Waals surface area contributed by atoms with Crippen LogP contribution in [0, 0.1) is 0 Å². The summed E-state index contributed by atoms with van der Waals surface area (Å²) >= 11 is 0. The maximum Gasteiger partial charge on any atom is 0.333 e. The van der Waals surface area contributed by atoms with E-state index in [1.165, 1.54) is 12.1 Å². The molecule has 1 aromatic carbocycles. The number of rotatable bonds is 6. The summed E-state index contributed by atoms with van der Waals surface area (Å²) < 4.78 is 0. The number of imide groups is 1. The van der Waals surface area contributed by atoms with Crippen molar-refractivity contribution in [2.75, 3.05) is 6.54 Å². The highest BCUT2D eigenvalue weighted by molar-refractivity contribution is 6.20. The fraction of sp³-hybridized carbons (Fsp3) is 0.250. The van der Waals surface area contributed by atoms with Gasteiger partial charge in [0.05, 0.1) is 11.1 Å². The van der Waals surface area contributed by atoms with Gasteiger partial charge in [-0.2, -0.15) is 0 Å². The molecule has 0 saturated carbocycles. The predicted molar refractivity (Wildman–Crippen MR) is 80.1 cm³/mol. The Morgan fingerprint density at radius 3 is 2.26 bits per heavy atom. The Bertz CT molecular complexity index is 660. The minimum atomic E-state index is -0.718. The lowest BCUT2D eigenvalue weighted by Gasteiger charge is -2.12. The molecule has 0 spiro atoms. The molecular formula is C16H16N2O5. The highest BCUT2D eigenvalue weighted by Gasteiger charge is 2.38. The van der Waals surface area contributed by atoms with Crippen molar-refractivity contribution in [3.63, 3.8) is 0 Å². The second-order valence-corrected chi connectivity index (χ2v) is 5.05. The number of nitrogens with one attached hydrogen (secondary N) is 1. The van der Waals surface area contributed by atoms with E-state index in [0.717, 1.165) is 0 Å². The van der Waals surface area contributed by atoms with Gasteiger partial charge in [0.2, 0.25) is 5.91 Å². The normalized spacial score (nSPS) is 12.8. The lowest BCUT2D eigenvalue weighted by Crippen LogP contribution is -2.33. The van der Waals surface area contributed by atoms with Gasteiger partial charge in [0, 0.05) is 18.5 Å². The van der Waals surface area contributed by atoms with Crippen LogP contribution >= 0.6 is 0 Å². The maximum atomic E-state index is 12.0. The molecule has 0 unspecified atom stereocenters. The first-order valence-corrected chi connectivity index (χ1v) is 7.04. The van der Waals surface area contributed by atoms with Crippen LogP contribution in [0.25, 0.3) is 0 Å². The third-order valence-corrected chi connectivity index (χ3v) is 3.18. The number of fused-ring (bicyclic) bond motifs is 1. The molecule has 7 nitrogen and oxygen atoms in total. The van der Waals surface area contributed by atoms with Gasteiger partial charge >= 0.3 is 5.97 Å². The van der Waals surface area contributed by atoms with E-state index in [-0.39, 0.29) is 30.0 Å². The van der Waals surface area contributed by atoms with Crippen LogP contribution in [-0.2, 0) is 14.4 Å². The molecule has 0 fully saturated rings. The van der Waals surface area contributed by atoms with Crippen LogP contribution < -0.4 is 5.32 Å². The van der Waals surface area contributed by atoms with E-state index >= 15 is 0 Å². The Hall–Kier alpha value is -2.96. The van der Waals surface area contributed by atoms with Gasteiger partial charge in [-0.25, -0.2) is 4.79 Å². The first kappa shape index (κ1) is 16.4. The molecule has 23 heavy (non-hydrogen) atoms. The number of amides is 3. The topological polar surface area (TPSA) is 92.8 Å². The van der Waals surface area contributed by atoms with Gasteiger partial charge in [0.15, 0.2) is 0 Å². The van der Waals surface area contributed by atoms with E-state index in [1.54, 1.807) is 19.1 Å². The molecular weight excluding hydrogens is 300 g/mol. The SMILES string of the molecule is C=C(C)C(=O)NCCCC(=O)ON1C(=O)c2ccccc2C1=O. The standard InChI is InChI=1S/C16H16N2O5/c1-10(2)14(20)17-9-5-8-13(19)23-18-15(21)11-6-3-4-7-12(11)16(18)22/h3-4,6-7H,1,5,8-9H2,2H3,(H,17,20). The maximum absolute atomic E-state index is 12.0. The fourth-order valence-corrected chi connectivity index (χ4v) is 1.98. The second-order valence-electron chi connectivity index (χ2n) is 5.05. The van der Waals surface area contributed by atoms with E-state index in [2.05, 4.69) is 11.9 Å². The quantitative estimate of drug-likeness (QED) is 0.484. The minimum Gasteiger partial charge on any atom is -0.352 e. The summed E-state index contributed by atoms with van der Waals surface area (Å²) in [6, 6.07) is 6.24. The summed E-state index contributed by atoms with van der Waals surface area (Å²) in [5.41, 5.74) is 0.789. The zero-order chi connectivity index (χ0) is 17.0. The fourth-order valence-electron chi connectivity index (χ4n) is 1.98. The third-order valence-electron chi connectivity index (χ3n) is 3.18. The van der Waals surface area contributed by atoms with Crippen LogP contribution in [0.2, 0.25) is 0 Å². The van der Waals surface area contributed by atoms with Crippen molar-refractivity contribution in [1.29, 1.82) is 0 Å². The lowest BCUT2D eigenvalue weighted by molar-refractivity contribution is -0.168. The van der Waals surface area contributed by atoms with Crippen LogP contribution in [0.4, 0.5) is 0 Å².